The number of nitrogens with zero attached hydrogens (tertiary/aromatic N) is 1. The summed E-state index contributed by atoms with van der Waals surface area (Å²) < 4.78 is 4.70. The van der Waals surface area contributed by atoms with E-state index in [0.717, 1.165) is 6.42 Å². The maximum Gasteiger partial charge on any atom is 0.325 e. The number of urea groups is 1. The van der Waals surface area contributed by atoms with Crippen molar-refractivity contribution < 1.29 is 19.1 Å². The minimum Gasteiger partial charge on any atom is -0.465 e. The van der Waals surface area contributed by atoms with Gasteiger partial charge >= 0.3 is 12.0 Å². The monoisotopic (exact) mass is 257 g/mol. The highest BCUT2D eigenvalue weighted by molar-refractivity contribution is 5.88. The van der Waals surface area contributed by atoms with Gasteiger partial charge in [-0.2, -0.15) is 0 Å². The number of carbonyl (C=O) groups is 3. The number of hydrogen-bond acceptors (Lipinski definition) is 4. The van der Waals surface area contributed by atoms with E-state index in [9.17, 15) is 14.4 Å². The van der Waals surface area contributed by atoms with Gasteiger partial charge in [0.05, 0.1) is 6.61 Å². The van der Waals surface area contributed by atoms with Crippen LogP contribution in [0.4, 0.5) is 4.79 Å². The van der Waals surface area contributed by atoms with Crippen LogP contribution >= 0.6 is 0 Å². The Kier molecular flexibility index (Phi) is 5.41. The summed E-state index contributed by atoms with van der Waals surface area (Å²) in [6.45, 7) is 2.32. The molecule has 1 rings (SSSR count). The van der Waals surface area contributed by atoms with Crippen LogP contribution in [0.3, 0.4) is 0 Å². The summed E-state index contributed by atoms with van der Waals surface area (Å²) in [5.41, 5.74) is 0. The number of likely N-dealkylation sites (N-methyl/N-ethyl adjacent to an activating group) is 1. The van der Waals surface area contributed by atoms with Gasteiger partial charge in [-0.3, -0.25) is 9.59 Å². The average Bonchev–Trinajstić information content (AvgIpc) is 2.84. The van der Waals surface area contributed by atoms with Crippen LogP contribution in [-0.2, 0) is 14.3 Å². The van der Waals surface area contributed by atoms with Gasteiger partial charge in [0.1, 0.15) is 12.6 Å². The zero-order valence-corrected chi connectivity index (χ0v) is 10.7. The van der Waals surface area contributed by atoms with Crippen LogP contribution in [0.5, 0.6) is 0 Å². The molecule has 0 aromatic carbocycles. The Morgan fingerprint density at radius 3 is 2.72 bits per heavy atom. The second-order valence-corrected chi connectivity index (χ2v) is 3.93. The topological polar surface area (TPSA) is 87.7 Å². The molecule has 1 heterocycles. The molecule has 1 aliphatic heterocycles. The lowest BCUT2D eigenvalue weighted by molar-refractivity contribution is -0.141. The molecule has 7 nitrogen and oxygen atoms in total. The van der Waals surface area contributed by atoms with Crippen LogP contribution in [0.15, 0.2) is 0 Å². The molecule has 0 spiro atoms. The zero-order chi connectivity index (χ0) is 13.5. The van der Waals surface area contributed by atoms with Gasteiger partial charge in [0.25, 0.3) is 0 Å². The third-order valence-corrected chi connectivity index (χ3v) is 2.75. The number of esters is 1. The van der Waals surface area contributed by atoms with Crippen molar-refractivity contribution in [3.05, 3.63) is 0 Å². The summed E-state index contributed by atoms with van der Waals surface area (Å²) in [4.78, 5) is 35.9. The fraction of sp³-hybridized carbons (Fsp3) is 0.727. The van der Waals surface area contributed by atoms with Crippen LogP contribution in [0.1, 0.15) is 19.8 Å². The quantitative estimate of drug-likeness (QED) is 0.663. The number of rotatable bonds is 4. The summed E-state index contributed by atoms with van der Waals surface area (Å²) in [7, 11) is 1.54. The minimum absolute atomic E-state index is 0.177. The molecule has 1 fully saturated rings. The van der Waals surface area contributed by atoms with Crippen molar-refractivity contribution in [1.82, 2.24) is 15.5 Å². The first-order chi connectivity index (χ1) is 8.60. The number of amides is 3. The fourth-order valence-corrected chi connectivity index (χ4v) is 1.91. The van der Waals surface area contributed by atoms with E-state index >= 15 is 0 Å². The van der Waals surface area contributed by atoms with E-state index in [1.165, 1.54) is 11.9 Å². The highest BCUT2D eigenvalue weighted by atomic mass is 16.5. The smallest absolute Gasteiger partial charge is 0.325 e. The fourth-order valence-electron chi connectivity index (χ4n) is 1.91. The molecule has 102 valence electrons. The molecular weight excluding hydrogens is 238 g/mol. The second kappa shape index (κ2) is 6.83. The third kappa shape index (κ3) is 3.61. The molecule has 0 bridgehead atoms. The standard InChI is InChI=1S/C11H19N3O4/c1-3-18-9(15)7-13-11(17)14-6-4-5-8(14)10(16)12-2/h8H,3-7H2,1-2H3,(H,12,16)(H,13,17). The first-order valence-electron chi connectivity index (χ1n) is 6.01. The molecule has 0 aliphatic carbocycles. The van der Waals surface area contributed by atoms with E-state index < -0.39 is 18.0 Å². The van der Waals surface area contributed by atoms with Crippen LogP contribution in [-0.4, -0.2) is 55.6 Å². The van der Waals surface area contributed by atoms with Crippen molar-refractivity contribution in [3.63, 3.8) is 0 Å². The van der Waals surface area contributed by atoms with Gasteiger partial charge in [-0.05, 0) is 19.8 Å². The van der Waals surface area contributed by atoms with Gasteiger partial charge in [-0.1, -0.05) is 0 Å². The molecule has 7 heteroatoms. The van der Waals surface area contributed by atoms with Crippen molar-refractivity contribution in [2.24, 2.45) is 0 Å². The molecule has 1 saturated heterocycles. The first kappa shape index (κ1) is 14.3. The lowest BCUT2D eigenvalue weighted by Crippen LogP contribution is -2.49. The Morgan fingerprint density at radius 2 is 2.11 bits per heavy atom. The first-order valence-corrected chi connectivity index (χ1v) is 6.01. The number of carbonyl (C=O) groups excluding carboxylic acids is 3. The average molecular weight is 257 g/mol. The van der Waals surface area contributed by atoms with Crippen molar-refractivity contribution in [2.75, 3.05) is 26.7 Å². The molecule has 1 atom stereocenters. The van der Waals surface area contributed by atoms with Gasteiger partial charge in [-0.25, -0.2) is 4.79 Å². The zero-order valence-electron chi connectivity index (χ0n) is 10.7. The lowest BCUT2D eigenvalue weighted by atomic mass is 10.2. The van der Waals surface area contributed by atoms with Crippen molar-refractivity contribution in [1.29, 1.82) is 0 Å². The van der Waals surface area contributed by atoms with Gasteiger partial charge in [-0.15, -0.1) is 0 Å². The number of likely N-dealkylation sites (tertiary alicyclic amines) is 1. The van der Waals surface area contributed by atoms with E-state index in [1.807, 2.05) is 0 Å². The molecule has 3 amide bonds. The molecule has 1 aliphatic rings. The van der Waals surface area contributed by atoms with Gasteiger partial charge in [0.15, 0.2) is 0 Å². The molecule has 0 aromatic heterocycles. The summed E-state index contributed by atoms with van der Waals surface area (Å²) in [5.74, 6) is -0.666. The number of nitrogens with one attached hydrogen (secondary N) is 2. The number of hydrogen-bond donors (Lipinski definition) is 2. The second-order valence-electron chi connectivity index (χ2n) is 3.93. The number of ether oxygens (including phenoxy) is 1. The molecule has 0 saturated carbocycles. The largest absolute Gasteiger partial charge is 0.465 e. The maximum atomic E-state index is 11.8. The molecule has 18 heavy (non-hydrogen) atoms. The minimum atomic E-state index is -0.485. The van der Waals surface area contributed by atoms with E-state index in [1.54, 1.807) is 6.92 Å². The predicted octanol–water partition coefficient (Wildman–Crippen LogP) is -0.530. The predicted molar refractivity (Wildman–Crippen MR) is 63.8 cm³/mol. The Morgan fingerprint density at radius 1 is 1.39 bits per heavy atom. The summed E-state index contributed by atoms with van der Waals surface area (Å²) in [6.07, 6.45) is 1.43. The van der Waals surface area contributed by atoms with E-state index in [4.69, 9.17) is 4.74 Å². The highest BCUT2D eigenvalue weighted by Crippen LogP contribution is 2.17. The molecule has 0 aromatic rings. The Hall–Kier alpha value is -1.79. The molecular formula is C11H19N3O4. The van der Waals surface area contributed by atoms with E-state index in [0.29, 0.717) is 13.0 Å². The van der Waals surface area contributed by atoms with Crippen LogP contribution < -0.4 is 10.6 Å². The van der Waals surface area contributed by atoms with Gasteiger partial charge in [0.2, 0.25) is 5.91 Å². The summed E-state index contributed by atoms with van der Waals surface area (Å²) in [5, 5.41) is 4.98. The van der Waals surface area contributed by atoms with Gasteiger partial charge in [0, 0.05) is 13.6 Å². The maximum absolute atomic E-state index is 11.8. The Bertz CT molecular complexity index is 332. The van der Waals surface area contributed by atoms with Crippen molar-refractivity contribution >= 4 is 17.9 Å². The highest BCUT2D eigenvalue weighted by Gasteiger charge is 2.33. The van der Waals surface area contributed by atoms with Crippen LogP contribution in [0, 0.1) is 0 Å². The van der Waals surface area contributed by atoms with E-state index in [-0.39, 0.29) is 19.1 Å². The SMILES string of the molecule is CCOC(=O)CNC(=O)N1CCCC1C(=O)NC. The van der Waals surface area contributed by atoms with Crippen molar-refractivity contribution in [2.45, 2.75) is 25.8 Å². The van der Waals surface area contributed by atoms with E-state index in [2.05, 4.69) is 10.6 Å². The Balaban J connectivity index is 2.45. The summed E-state index contributed by atoms with van der Waals surface area (Å²) >= 11 is 0. The molecule has 0 radical (unpaired) electrons. The molecule has 1 unspecified atom stereocenters. The lowest BCUT2D eigenvalue weighted by Gasteiger charge is -2.23. The van der Waals surface area contributed by atoms with Gasteiger partial charge < -0.3 is 20.3 Å². The van der Waals surface area contributed by atoms with Crippen LogP contribution in [0.2, 0.25) is 0 Å². The molecule has 2 N–H and O–H groups in total. The summed E-state index contributed by atoms with van der Waals surface area (Å²) in [6, 6.07) is -0.855. The third-order valence-electron chi connectivity index (χ3n) is 2.75. The van der Waals surface area contributed by atoms with Crippen LogP contribution in [0.25, 0.3) is 0 Å². The normalized spacial score (nSPS) is 18.3. The Labute approximate surface area is 106 Å². The van der Waals surface area contributed by atoms with Crippen molar-refractivity contribution in [3.8, 4) is 0 Å².